The molecule has 0 aliphatic carbocycles. The normalized spacial score (nSPS) is 21.1. The molecule has 0 saturated carbocycles. The molecule has 0 radical (unpaired) electrons. The van der Waals surface area contributed by atoms with E-state index >= 15 is 0 Å². The fraction of sp³-hybridized carbons (Fsp3) is 0.786. The van der Waals surface area contributed by atoms with Crippen LogP contribution in [0.5, 0.6) is 0 Å². The lowest BCUT2D eigenvalue weighted by Crippen LogP contribution is -2.44. The van der Waals surface area contributed by atoms with Crippen molar-refractivity contribution < 1.29 is 14.4 Å². The molecule has 1 aliphatic rings. The molecule has 2 heterocycles. The predicted octanol–water partition coefficient (Wildman–Crippen LogP) is 1.95. The van der Waals surface area contributed by atoms with Crippen molar-refractivity contribution in [3.8, 4) is 0 Å². The quantitative estimate of drug-likeness (QED) is 0.888. The third kappa shape index (κ3) is 3.17. The molecular weight excluding hydrogens is 258 g/mol. The fourth-order valence-corrected chi connectivity index (χ4v) is 2.66. The molecule has 1 aliphatic heterocycles. The van der Waals surface area contributed by atoms with E-state index in [0.29, 0.717) is 18.3 Å². The van der Waals surface area contributed by atoms with E-state index in [4.69, 9.17) is 4.52 Å². The molecule has 1 atom stereocenters. The molecule has 1 aromatic heterocycles. The summed E-state index contributed by atoms with van der Waals surface area (Å²) in [7, 11) is 0. The number of carboxylic acid groups (broad SMARTS) is 1. The van der Waals surface area contributed by atoms with Crippen LogP contribution in [0.25, 0.3) is 0 Å². The second-order valence-corrected chi connectivity index (χ2v) is 6.06. The molecule has 1 aromatic rings. The Kier molecular flexibility index (Phi) is 4.42. The topological polar surface area (TPSA) is 79.5 Å². The first-order chi connectivity index (χ1) is 9.43. The van der Waals surface area contributed by atoms with E-state index < -0.39 is 11.4 Å². The summed E-state index contributed by atoms with van der Waals surface area (Å²) >= 11 is 0. The van der Waals surface area contributed by atoms with Crippen LogP contribution in [0.1, 0.15) is 45.3 Å². The van der Waals surface area contributed by atoms with Gasteiger partial charge in [0.1, 0.15) is 0 Å². The van der Waals surface area contributed by atoms with Crippen LogP contribution >= 0.6 is 0 Å². The summed E-state index contributed by atoms with van der Waals surface area (Å²) in [5.41, 5.74) is -0.690. The van der Waals surface area contributed by atoms with Crippen LogP contribution in [0.2, 0.25) is 0 Å². The number of aliphatic carboxylic acids is 1. The first-order valence-electron chi connectivity index (χ1n) is 7.20. The standard InChI is InChI=1S/C14H23N3O3/c1-4-12-15-11(16-20-12)9-17-7-5-6-10(8-17)14(2,3)13(18)19/h10H,4-9H2,1-3H3,(H,18,19). The smallest absolute Gasteiger partial charge is 0.309 e. The van der Waals surface area contributed by atoms with Crippen LogP contribution in [0.3, 0.4) is 0 Å². The molecule has 1 unspecified atom stereocenters. The number of rotatable bonds is 5. The highest BCUT2D eigenvalue weighted by atomic mass is 16.5. The van der Waals surface area contributed by atoms with E-state index in [0.717, 1.165) is 32.4 Å². The van der Waals surface area contributed by atoms with E-state index in [2.05, 4.69) is 15.0 Å². The van der Waals surface area contributed by atoms with E-state index in [1.807, 2.05) is 20.8 Å². The first-order valence-corrected chi connectivity index (χ1v) is 7.20. The molecule has 0 amide bonds. The predicted molar refractivity (Wildman–Crippen MR) is 73.1 cm³/mol. The Balaban J connectivity index is 1.98. The summed E-state index contributed by atoms with van der Waals surface area (Å²) < 4.78 is 5.11. The second kappa shape index (κ2) is 5.91. The van der Waals surface area contributed by atoms with Crippen molar-refractivity contribution in [2.24, 2.45) is 11.3 Å². The molecule has 20 heavy (non-hydrogen) atoms. The molecule has 6 heteroatoms. The summed E-state index contributed by atoms with van der Waals surface area (Å²) in [6.07, 6.45) is 2.71. The molecule has 0 spiro atoms. The lowest BCUT2D eigenvalue weighted by atomic mass is 9.74. The van der Waals surface area contributed by atoms with Crippen molar-refractivity contribution in [2.75, 3.05) is 13.1 Å². The third-order valence-corrected chi connectivity index (χ3v) is 4.25. The van der Waals surface area contributed by atoms with Crippen LogP contribution in [-0.2, 0) is 17.8 Å². The van der Waals surface area contributed by atoms with Crippen LogP contribution in [0, 0.1) is 11.3 Å². The largest absolute Gasteiger partial charge is 0.481 e. The molecule has 0 bridgehead atoms. The summed E-state index contributed by atoms with van der Waals surface area (Å²) in [5.74, 6) is 0.776. The molecule has 1 saturated heterocycles. The van der Waals surface area contributed by atoms with Gasteiger partial charge < -0.3 is 9.63 Å². The highest BCUT2D eigenvalue weighted by molar-refractivity contribution is 5.74. The maximum atomic E-state index is 11.4. The summed E-state index contributed by atoms with van der Waals surface area (Å²) in [6, 6.07) is 0. The van der Waals surface area contributed by atoms with Crippen molar-refractivity contribution in [2.45, 2.75) is 46.6 Å². The molecule has 112 valence electrons. The summed E-state index contributed by atoms with van der Waals surface area (Å²) in [4.78, 5) is 17.9. The number of nitrogens with zero attached hydrogens (tertiary/aromatic N) is 3. The monoisotopic (exact) mass is 281 g/mol. The Hall–Kier alpha value is -1.43. The third-order valence-electron chi connectivity index (χ3n) is 4.25. The number of hydrogen-bond acceptors (Lipinski definition) is 5. The average Bonchev–Trinajstić information content (AvgIpc) is 2.86. The molecule has 0 aromatic carbocycles. The lowest BCUT2D eigenvalue weighted by molar-refractivity contribution is -0.151. The molecule has 6 nitrogen and oxygen atoms in total. The Morgan fingerprint density at radius 1 is 1.55 bits per heavy atom. The minimum atomic E-state index is -0.725. The van der Waals surface area contributed by atoms with Gasteiger partial charge >= 0.3 is 5.97 Å². The number of carbonyl (C=O) groups is 1. The van der Waals surface area contributed by atoms with Gasteiger partial charge in [-0.3, -0.25) is 9.69 Å². The second-order valence-electron chi connectivity index (χ2n) is 6.06. The van der Waals surface area contributed by atoms with Crippen LogP contribution in [0.15, 0.2) is 4.52 Å². The number of aryl methyl sites for hydroxylation is 1. The molecule has 1 fully saturated rings. The minimum Gasteiger partial charge on any atom is -0.481 e. The lowest BCUT2D eigenvalue weighted by Gasteiger charge is -2.38. The van der Waals surface area contributed by atoms with Gasteiger partial charge in [-0.2, -0.15) is 4.98 Å². The van der Waals surface area contributed by atoms with Crippen molar-refractivity contribution in [1.29, 1.82) is 0 Å². The van der Waals surface area contributed by atoms with Crippen molar-refractivity contribution in [3.63, 3.8) is 0 Å². The zero-order chi connectivity index (χ0) is 14.8. The van der Waals surface area contributed by atoms with Gasteiger partial charge in [-0.05, 0) is 39.2 Å². The van der Waals surface area contributed by atoms with Gasteiger partial charge in [-0.15, -0.1) is 0 Å². The van der Waals surface area contributed by atoms with Crippen LogP contribution < -0.4 is 0 Å². The van der Waals surface area contributed by atoms with Crippen molar-refractivity contribution >= 4 is 5.97 Å². The van der Waals surface area contributed by atoms with Gasteiger partial charge in [0, 0.05) is 13.0 Å². The van der Waals surface area contributed by atoms with E-state index in [9.17, 15) is 9.90 Å². The number of piperidine rings is 1. The Morgan fingerprint density at radius 3 is 2.90 bits per heavy atom. The van der Waals surface area contributed by atoms with Gasteiger partial charge in [0.25, 0.3) is 0 Å². The zero-order valence-electron chi connectivity index (χ0n) is 12.4. The Labute approximate surface area is 119 Å². The summed E-state index contributed by atoms with van der Waals surface area (Å²) in [5, 5.41) is 13.3. The maximum Gasteiger partial charge on any atom is 0.309 e. The SMILES string of the molecule is CCc1nc(CN2CCCC(C(C)(C)C(=O)O)C2)no1. The van der Waals surface area contributed by atoms with E-state index in [1.165, 1.54) is 0 Å². The number of likely N-dealkylation sites (tertiary alicyclic amines) is 1. The van der Waals surface area contributed by atoms with Crippen molar-refractivity contribution in [3.05, 3.63) is 11.7 Å². The highest BCUT2D eigenvalue weighted by Crippen LogP contribution is 2.34. The van der Waals surface area contributed by atoms with Crippen molar-refractivity contribution in [1.82, 2.24) is 15.0 Å². The van der Waals surface area contributed by atoms with Gasteiger partial charge in [0.2, 0.25) is 5.89 Å². The van der Waals surface area contributed by atoms with E-state index in [-0.39, 0.29) is 5.92 Å². The van der Waals surface area contributed by atoms with E-state index in [1.54, 1.807) is 0 Å². The molecular formula is C14H23N3O3. The maximum absolute atomic E-state index is 11.4. The number of hydrogen-bond donors (Lipinski definition) is 1. The van der Waals surface area contributed by atoms with Gasteiger partial charge in [-0.1, -0.05) is 12.1 Å². The van der Waals surface area contributed by atoms with Gasteiger partial charge in [-0.25, -0.2) is 0 Å². The summed E-state index contributed by atoms with van der Waals surface area (Å²) in [6.45, 7) is 7.97. The first kappa shape index (κ1) is 15.0. The minimum absolute atomic E-state index is 0.159. The van der Waals surface area contributed by atoms with Crippen LogP contribution in [0.4, 0.5) is 0 Å². The van der Waals surface area contributed by atoms with Gasteiger partial charge in [0.15, 0.2) is 5.82 Å². The van der Waals surface area contributed by atoms with Crippen LogP contribution in [-0.4, -0.2) is 39.2 Å². The number of carboxylic acids is 1. The fourth-order valence-electron chi connectivity index (χ4n) is 2.66. The van der Waals surface area contributed by atoms with Gasteiger partial charge in [0.05, 0.1) is 12.0 Å². The Bertz CT molecular complexity index is 470. The molecule has 2 rings (SSSR count). The average molecular weight is 281 g/mol. The number of aromatic nitrogens is 2. The zero-order valence-corrected chi connectivity index (χ0v) is 12.4. The molecule has 1 N–H and O–H groups in total. The highest BCUT2D eigenvalue weighted by Gasteiger charge is 2.39. The Morgan fingerprint density at radius 2 is 2.30 bits per heavy atom.